The van der Waals surface area contributed by atoms with Crippen LogP contribution in [0.25, 0.3) is 10.9 Å². The predicted octanol–water partition coefficient (Wildman–Crippen LogP) is 5.25. The Hall–Kier alpha value is -3.52. The van der Waals surface area contributed by atoms with Crippen molar-refractivity contribution < 1.29 is 14.3 Å². The van der Waals surface area contributed by atoms with Gasteiger partial charge in [-0.25, -0.2) is 14.8 Å². The number of rotatable bonds is 8. The minimum absolute atomic E-state index is 0.0266. The second-order valence-electron chi connectivity index (χ2n) is 11.4. The van der Waals surface area contributed by atoms with Crippen LogP contribution in [-0.2, 0) is 16.1 Å². The van der Waals surface area contributed by atoms with Gasteiger partial charge in [-0.15, -0.1) is 0 Å². The third-order valence-corrected chi connectivity index (χ3v) is 8.32. The van der Waals surface area contributed by atoms with Crippen molar-refractivity contribution in [3.8, 4) is 0 Å². The Morgan fingerprint density at radius 3 is 2.33 bits per heavy atom. The molecule has 40 heavy (non-hydrogen) atoms. The van der Waals surface area contributed by atoms with Gasteiger partial charge < -0.3 is 15.0 Å². The third-order valence-electron chi connectivity index (χ3n) is 8.32. The van der Waals surface area contributed by atoms with E-state index in [4.69, 9.17) is 14.7 Å². The molecule has 1 amide bonds. The summed E-state index contributed by atoms with van der Waals surface area (Å²) >= 11 is 0. The van der Waals surface area contributed by atoms with Gasteiger partial charge in [-0.1, -0.05) is 57.4 Å². The standard InChI is InChI=1S/C32H41N5O3/c1-22(2)29(32(39)40-3)35-30-26-11-7-8-12-27(26)33-28(34-30)21-36-17-19-37(20-18-36)31(38)25-15-13-24(14-16-25)23-9-5-4-6-10-23/h7-8,11-16,22-23,29H,4-6,9-10,17-21H2,1-3H3,(H,33,34,35)/t29-/m0/s1. The van der Waals surface area contributed by atoms with Gasteiger partial charge in [0.15, 0.2) is 0 Å². The number of fused-ring (bicyclic) bond motifs is 1. The molecule has 1 aliphatic heterocycles. The first-order chi connectivity index (χ1) is 19.4. The summed E-state index contributed by atoms with van der Waals surface area (Å²) in [4.78, 5) is 39.5. The van der Waals surface area contributed by atoms with E-state index in [1.54, 1.807) is 0 Å². The SMILES string of the molecule is COC(=O)[C@@H](Nc1nc(CN2CCN(C(=O)c3ccc(C4CCCCC4)cc3)CC2)nc2ccccc12)C(C)C. The number of benzene rings is 2. The molecule has 1 aliphatic carbocycles. The van der Waals surface area contributed by atoms with Crippen molar-refractivity contribution in [2.45, 2.75) is 64.5 Å². The number of esters is 1. The molecule has 1 saturated carbocycles. The van der Waals surface area contributed by atoms with Gasteiger partial charge in [0.25, 0.3) is 5.91 Å². The van der Waals surface area contributed by atoms with Crippen LogP contribution in [0.3, 0.4) is 0 Å². The molecule has 0 radical (unpaired) electrons. The highest BCUT2D eigenvalue weighted by Crippen LogP contribution is 2.32. The molecule has 0 unspecified atom stereocenters. The summed E-state index contributed by atoms with van der Waals surface area (Å²) in [6, 6.07) is 15.6. The van der Waals surface area contributed by atoms with E-state index < -0.39 is 6.04 Å². The zero-order chi connectivity index (χ0) is 28.1. The van der Waals surface area contributed by atoms with E-state index >= 15 is 0 Å². The van der Waals surface area contributed by atoms with E-state index in [1.807, 2.05) is 55.1 Å². The first-order valence-corrected chi connectivity index (χ1v) is 14.6. The Labute approximate surface area is 237 Å². The Morgan fingerprint density at radius 2 is 1.65 bits per heavy atom. The molecule has 2 aromatic carbocycles. The number of piperazine rings is 1. The molecule has 1 aromatic heterocycles. The molecule has 1 atom stereocenters. The number of nitrogens with zero attached hydrogens (tertiary/aromatic N) is 4. The smallest absolute Gasteiger partial charge is 0.328 e. The van der Waals surface area contributed by atoms with E-state index in [9.17, 15) is 9.59 Å². The van der Waals surface area contributed by atoms with Gasteiger partial charge in [-0.2, -0.15) is 0 Å². The lowest BCUT2D eigenvalue weighted by molar-refractivity contribution is -0.142. The largest absolute Gasteiger partial charge is 0.467 e. The molecule has 8 nitrogen and oxygen atoms in total. The molecule has 1 saturated heterocycles. The molecule has 1 N–H and O–H groups in total. The lowest BCUT2D eigenvalue weighted by Crippen LogP contribution is -2.48. The predicted molar refractivity (Wildman–Crippen MR) is 157 cm³/mol. The fourth-order valence-electron chi connectivity index (χ4n) is 5.90. The van der Waals surface area contributed by atoms with Crippen molar-refractivity contribution in [1.29, 1.82) is 0 Å². The Bertz CT molecular complexity index is 1310. The van der Waals surface area contributed by atoms with Gasteiger partial charge in [0.2, 0.25) is 0 Å². The number of aromatic nitrogens is 2. The van der Waals surface area contributed by atoms with Crippen LogP contribution in [0, 0.1) is 5.92 Å². The molecule has 0 bridgehead atoms. The Balaban J connectivity index is 1.23. The number of carbonyl (C=O) groups is 2. The summed E-state index contributed by atoms with van der Waals surface area (Å²) < 4.78 is 5.02. The topological polar surface area (TPSA) is 87.7 Å². The zero-order valence-corrected chi connectivity index (χ0v) is 23.9. The van der Waals surface area contributed by atoms with Gasteiger partial charge >= 0.3 is 5.97 Å². The fourth-order valence-corrected chi connectivity index (χ4v) is 5.90. The molecule has 8 heteroatoms. The van der Waals surface area contributed by atoms with Crippen LogP contribution in [0.5, 0.6) is 0 Å². The average Bonchev–Trinajstić information content (AvgIpc) is 3.00. The second-order valence-corrected chi connectivity index (χ2v) is 11.4. The molecule has 3 aromatic rings. The number of methoxy groups -OCH3 is 1. The normalized spacial score (nSPS) is 17.6. The summed E-state index contributed by atoms with van der Waals surface area (Å²) in [5.74, 6) is 1.78. The van der Waals surface area contributed by atoms with E-state index in [0.29, 0.717) is 37.2 Å². The second kappa shape index (κ2) is 12.8. The molecule has 0 spiro atoms. The minimum Gasteiger partial charge on any atom is -0.467 e. The summed E-state index contributed by atoms with van der Waals surface area (Å²) in [5.41, 5.74) is 2.97. The van der Waals surface area contributed by atoms with Gasteiger partial charge in [0.05, 0.1) is 19.2 Å². The van der Waals surface area contributed by atoms with Crippen LogP contribution in [0.4, 0.5) is 5.82 Å². The van der Waals surface area contributed by atoms with Crippen molar-refractivity contribution in [2.75, 3.05) is 38.6 Å². The van der Waals surface area contributed by atoms with E-state index in [-0.39, 0.29) is 17.8 Å². The quantitative estimate of drug-likeness (QED) is 0.389. The van der Waals surface area contributed by atoms with Crippen LogP contribution in [0.2, 0.25) is 0 Å². The van der Waals surface area contributed by atoms with E-state index in [0.717, 1.165) is 29.6 Å². The third kappa shape index (κ3) is 6.44. The average molecular weight is 544 g/mol. The maximum absolute atomic E-state index is 13.2. The van der Waals surface area contributed by atoms with Gasteiger partial charge in [0.1, 0.15) is 17.7 Å². The molecule has 2 fully saturated rings. The minimum atomic E-state index is -0.512. The van der Waals surface area contributed by atoms with Crippen LogP contribution in [0.15, 0.2) is 48.5 Å². The highest BCUT2D eigenvalue weighted by Gasteiger charge is 2.26. The van der Waals surface area contributed by atoms with Gasteiger partial charge in [-0.3, -0.25) is 9.69 Å². The highest BCUT2D eigenvalue weighted by molar-refractivity contribution is 5.94. The number of nitrogens with one attached hydrogen (secondary N) is 1. The van der Waals surface area contributed by atoms with E-state index in [2.05, 4.69) is 22.3 Å². The summed E-state index contributed by atoms with van der Waals surface area (Å²) in [6.07, 6.45) is 6.49. The zero-order valence-electron chi connectivity index (χ0n) is 23.9. The van der Waals surface area contributed by atoms with Crippen molar-refractivity contribution in [3.63, 3.8) is 0 Å². The summed E-state index contributed by atoms with van der Waals surface area (Å²) in [6.45, 7) is 7.36. The number of hydrogen-bond donors (Lipinski definition) is 1. The monoisotopic (exact) mass is 543 g/mol. The molecular weight excluding hydrogens is 502 g/mol. The number of ether oxygens (including phenoxy) is 1. The summed E-state index contributed by atoms with van der Waals surface area (Å²) in [5, 5.41) is 4.18. The summed E-state index contributed by atoms with van der Waals surface area (Å²) in [7, 11) is 1.40. The van der Waals surface area contributed by atoms with E-state index in [1.165, 1.54) is 44.8 Å². The van der Waals surface area contributed by atoms with Crippen LogP contribution >= 0.6 is 0 Å². The van der Waals surface area contributed by atoms with Crippen molar-refractivity contribution in [3.05, 3.63) is 65.5 Å². The number of carbonyl (C=O) groups excluding carboxylic acids is 2. The molecule has 2 heterocycles. The van der Waals surface area contributed by atoms with Crippen LogP contribution in [-0.4, -0.2) is 71.0 Å². The maximum Gasteiger partial charge on any atom is 0.328 e. The first kappa shape index (κ1) is 28.0. The van der Waals surface area contributed by atoms with Crippen molar-refractivity contribution >= 4 is 28.6 Å². The lowest BCUT2D eigenvalue weighted by atomic mass is 9.84. The number of hydrogen-bond acceptors (Lipinski definition) is 7. The van der Waals surface area contributed by atoms with Crippen LogP contribution < -0.4 is 5.32 Å². The van der Waals surface area contributed by atoms with Crippen molar-refractivity contribution in [1.82, 2.24) is 19.8 Å². The molecule has 2 aliphatic rings. The first-order valence-electron chi connectivity index (χ1n) is 14.6. The molecule has 5 rings (SSSR count). The molecular formula is C32H41N5O3. The Morgan fingerprint density at radius 1 is 0.950 bits per heavy atom. The maximum atomic E-state index is 13.2. The lowest BCUT2D eigenvalue weighted by Gasteiger charge is -2.34. The highest BCUT2D eigenvalue weighted by atomic mass is 16.5. The van der Waals surface area contributed by atoms with Crippen molar-refractivity contribution in [2.24, 2.45) is 5.92 Å². The molecule has 212 valence electrons. The fraction of sp³-hybridized carbons (Fsp3) is 0.500. The Kier molecular flexibility index (Phi) is 8.94. The van der Waals surface area contributed by atoms with Gasteiger partial charge in [-0.05, 0) is 54.5 Å². The number of para-hydroxylation sites is 1. The number of anilines is 1. The number of amides is 1. The van der Waals surface area contributed by atoms with Crippen LogP contribution in [0.1, 0.15) is 73.6 Å². The van der Waals surface area contributed by atoms with Gasteiger partial charge in [0, 0.05) is 37.1 Å².